The third kappa shape index (κ3) is 4.05. The molecule has 4 rings (SSSR count). The smallest absolute Gasteiger partial charge is 0.270 e. The number of fused-ring (bicyclic) bond motifs is 1. The van der Waals surface area contributed by atoms with Crippen molar-refractivity contribution in [3.8, 4) is 5.75 Å². The first-order valence-electron chi connectivity index (χ1n) is 9.96. The minimum atomic E-state index is 0.0336. The number of aromatic nitrogens is 1. The van der Waals surface area contributed by atoms with Gasteiger partial charge in [-0.05, 0) is 30.7 Å². The van der Waals surface area contributed by atoms with Crippen molar-refractivity contribution in [2.75, 3.05) is 32.9 Å². The van der Waals surface area contributed by atoms with Crippen LogP contribution in [0.5, 0.6) is 5.75 Å². The molecule has 1 aliphatic heterocycles. The maximum Gasteiger partial charge on any atom is 0.270 e. The van der Waals surface area contributed by atoms with Gasteiger partial charge < -0.3 is 18.9 Å². The third-order valence-electron chi connectivity index (χ3n) is 5.24. The van der Waals surface area contributed by atoms with E-state index in [0.717, 1.165) is 22.2 Å². The van der Waals surface area contributed by atoms with Crippen LogP contribution >= 0.6 is 0 Å². The van der Waals surface area contributed by atoms with Crippen LogP contribution in [0.1, 0.15) is 21.6 Å². The Morgan fingerprint density at radius 1 is 1.17 bits per heavy atom. The van der Waals surface area contributed by atoms with Gasteiger partial charge in [-0.2, -0.15) is 0 Å². The number of rotatable bonds is 6. The van der Waals surface area contributed by atoms with Crippen molar-refractivity contribution >= 4 is 16.8 Å². The number of amides is 1. The summed E-state index contributed by atoms with van der Waals surface area (Å²) >= 11 is 0. The van der Waals surface area contributed by atoms with E-state index in [4.69, 9.17) is 9.47 Å². The average molecular weight is 390 g/mol. The highest BCUT2D eigenvalue weighted by Crippen LogP contribution is 2.30. The standard InChI is InChI=1S/C24H26N2O3/c1-3-13-29-23-6-4-5-21-20(23)16-22(24(27)25-11-14-28-15-12-25)26(21)17-19-9-7-18(2)8-10-19/h3-10,16H,1,11-15,17H2,2H3. The van der Waals surface area contributed by atoms with E-state index in [9.17, 15) is 4.79 Å². The summed E-state index contributed by atoms with van der Waals surface area (Å²) in [6.07, 6.45) is 1.72. The van der Waals surface area contributed by atoms with E-state index >= 15 is 0 Å². The van der Waals surface area contributed by atoms with E-state index < -0.39 is 0 Å². The van der Waals surface area contributed by atoms with Crippen molar-refractivity contribution in [2.24, 2.45) is 0 Å². The summed E-state index contributed by atoms with van der Waals surface area (Å²) in [5.74, 6) is 0.798. The van der Waals surface area contributed by atoms with Crippen LogP contribution in [-0.2, 0) is 11.3 Å². The Kier molecular flexibility index (Phi) is 5.67. The van der Waals surface area contributed by atoms with Crippen LogP contribution in [0.15, 0.2) is 61.2 Å². The predicted molar refractivity (Wildman–Crippen MR) is 115 cm³/mol. The summed E-state index contributed by atoms with van der Waals surface area (Å²) in [6.45, 7) is 9.25. The molecule has 1 aromatic heterocycles. The molecule has 1 saturated heterocycles. The Balaban J connectivity index is 1.79. The van der Waals surface area contributed by atoms with Crippen molar-refractivity contribution in [2.45, 2.75) is 13.5 Å². The van der Waals surface area contributed by atoms with Gasteiger partial charge in [0.25, 0.3) is 5.91 Å². The highest BCUT2D eigenvalue weighted by Gasteiger charge is 2.24. The van der Waals surface area contributed by atoms with E-state index in [1.807, 2.05) is 29.2 Å². The van der Waals surface area contributed by atoms with Crippen LogP contribution in [0, 0.1) is 6.92 Å². The van der Waals surface area contributed by atoms with Crippen LogP contribution in [0.4, 0.5) is 0 Å². The van der Waals surface area contributed by atoms with Gasteiger partial charge in [0.2, 0.25) is 0 Å². The first-order valence-corrected chi connectivity index (χ1v) is 9.96. The number of hydrogen-bond donors (Lipinski definition) is 0. The van der Waals surface area contributed by atoms with Gasteiger partial charge in [0.05, 0.1) is 18.7 Å². The van der Waals surface area contributed by atoms with E-state index in [1.165, 1.54) is 5.56 Å². The second-order valence-corrected chi connectivity index (χ2v) is 7.29. The third-order valence-corrected chi connectivity index (χ3v) is 5.24. The molecule has 2 aromatic carbocycles. The summed E-state index contributed by atoms with van der Waals surface area (Å²) in [5, 5.41) is 0.943. The quantitative estimate of drug-likeness (QED) is 0.597. The minimum absolute atomic E-state index is 0.0336. The first kappa shape index (κ1) is 19.3. The number of nitrogens with zero attached hydrogens (tertiary/aromatic N) is 2. The van der Waals surface area contributed by atoms with Gasteiger partial charge in [-0.25, -0.2) is 0 Å². The Bertz CT molecular complexity index is 1010. The molecule has 0 saturated carbocycles. The van der Waals surface area contributed by atoms with Gasteiger partial charge in [0, 0.05) is 25.0 Å². The topological polar surface area (TPSA) is 43.7 Å². The lowest BCUT2D eigenvalue weighted by molar-refractivity contribution is 0.0296. The van der Waals surface area contributed by atoms with Gasteiger partial charge in [-0.15, -0.1) is 0 Å². The van der Waals surface area contributed by atoms with Gasteiger partial charge in [-0.1, -0.05) is 48.6 Å². The van der Waals surface area contributed by atoms with Crippen molar-refractivity contribution in [1.29, 1.82) is 0 Å². The lowest BCUT2D eigenvalue weighted by atomic mass is 10.1. The maximum absolute atomic E-state index is 13.4. The number of benzene rings is 2. The minimum Gasteiger partial charge on any atom is -0.489 e. The summed E-state index contributed by atoms with van der Waals surface area (Å²) in [7, 11) is 0. The molecule has 0 spiro atoms. The molecule has 2 heterocycles. The summed E-state index contributed by atoms with van der Waals surface area (Å²) in [5.41, 5.74) is 4.04. The fourth-order valence-corrected chi connectivity index (χ4v) is 3.68. The zero-order chi connectivity index (χ0) is 20.2. The molecule has 0 bridgehead atoms. The van der Waals surface area contributed by atoms with E-state index in [-0.39, 0.29) is 5.91 Å². The average Bonchev–Trinajstić information content (AvgIpc) is 3.13. The second kappa shape index (κ2) is 8.53. The second-order valence-electron chi connectivity index (χ2n) is 7.29. The number of aryl methyl sites for hydroxylation is 1. The molecule has 5 nitrogen and oxygen atoms in total. The molecule has 150 valence electrons. The molecule has 0 radical (unpaired) electrons. The summed E-state index contributed by atoms with van der Waals surface area (Å²) in [4.78, 5) is 15.2. The number of carbonyl (C=O) groups is 1. The van der Waals surface area contributed by atoms with Crippen molar-refractivity contribution < 1.29 is 14.3 Å². The molecule has 0 unspecified atom stereocenters. The van der Waals surface area contributed by atoms with Gasteiger partial charge >= 0.3 is 0 Å². The van der Waals surface area contributed by atoms with Gasteiger partial charge in [0.1, 0.15) is 18.1 Å². The van der Waals surface area contributed by atoms with Crippen LogP contribution in [-0.4, -0.2) is 48.3 Å². The van der Waals surface area contributed by atoms with Crippen molar-refractivity contribution in [3.63, 3.8) is 0 Å². The Morgan fingerprint density at radius 2 is 1.93 bits per heavy atom. The molecule has 1 fully saturated rings. The van der Waals surface area contributed by atoms with E-state index in [0.29, 0.717) is 45.1 Å². The van der Waals surface area contributed by atoms with Crippen LogP contribution in [0.3, 0.4) is 0 Å². The molecular formula is C24H26N2O3. The van der Waals surface area contributed by atoms with Gasteiger partial charge in [0.15, 0.2) is 0 Å². The SMILES string of the molecule is C=CCOc1cccc2c1cc(C(=O)N1CCOCC1)n2Cc1ccc(C)cc1. The molecule has 1 aliphatic rings. The number of morpholine rings is 1. The Labute approximate surface area is 171 Å². The molecule has 1 amide bonds. The zero-order valence-corrected chi connectivity index (χ0v) is 16.8. The van der Waals surface area contributed by atoms with Crippen molar-refractivity contribution in [1.82, 2.24) is 9.47 Å². The maximum atomic E-state index is 13.4. The Morgan fingerprint density at radius 3 is 2.66 bits per heavy atom. The highest BCUT2D eigenvalue weighted by molar-refractivity contribution is 6.00. The largest absolute Gasteiger partial charge is 0.489 e. The fourth-order valence-electron chi connectivity index (χ4n) is 3.68. The van der Waals surface area contributed by atoms with E-state index in [1.54, 1.807) is 6.08 Å². The van der Waals surface area contributed by atoms with Crippen LogP contribution in [0.2, 0.25) is 0 Å². The van der Waals surface area contributed by atoms with E-state index in [2.05, 4.69) is 42.3 Å². The van der Waals surface area contributed by atoms with Gasteiger partial charge in [-0.3, -0.25) is 4.79 Å². The van der Waals surface area contributed by atoms with Crippen LogP contribution < -0.4 is 4.74 Å². The monoisotopic (exact) mass is 390 g/mol. The lowest BCUT2D eigenvalue weighted by Gasteiger charge is -2.27. The highest BCUT2D eigenvalue weighted by atomic mass is 16.5. The summed E-state index contributed by atoms with van der Waals surface area (Å²) in [6, 6.07) is 16.3. The normalized spacial score (nSPS) is 14.2. The number of carbonyl (C=O) groups excluding carboxylic acids is 1. The fraction of sp³-hybridized carbons (Fsp3) is 0.292. The van der Waals surface area contributed by atoms with Crippen LogP contribution in [0.25, 0.3) is 10.9 Å². The van der Waals surface area contributed by atoms with Crippen molar-refractivity contribution in [3.05, 3.63) is 78.0 Å². The Hall–Kier alpha value is -3.05. The molecule has 0 aliphatic carbocycles. The predicted octanol–water partition coefficient (Wildman–Crippen LogP) is 4.04. The first-order chi connectivity index (χ1) is 14.2. The number of hydrogen-bond acceptors (Lipinski definition) is 3. The molecule has 3 aromatic rings. The summed E-state index contributed by atoms with van der Waals surface area (Å²) < 4.78 is 13.4. The molecule has 29 heavy (non-hydrogen) atoms. The number of ether oxygens (including phenoxy) is 2. The molecule has 0 N–H and O–H groups in total. The molecule has 0 atom stereocenters. The zero-order valence-electron chi connectivity index (χ0n) is 16.8. The lowest BCUT2D eigenvalue weighted by Crippen LogP contribution is -2.41. The molecular weight excluding hydrogens is 364 g/mol. The molecule has 5 heteroatoms.